The lowest BCUT2D eigenvalue weighted by molar-refractivity contribution is 0.261. The van der Waals surface area contributed by atoms with E-state index in [0.29, 0.717) is 11.0 Å². The summed E-state index contributed by atoms with van der Waals surface area (Å²) in [6.07, 6.45) is 4.14. The first-order chi connectivity index (χ1) is 8.16. The van der Waals surface area contributed by atoms with Gasteiger partial charge in [-0.3, -0.25) is 0 Å². The third-order valence-electron chi connectivity index (χ3n) is 3.04. The number of anilines is 1. The number of thiocarbonyl (C=S) groups is 1. The monoisotopic (exact) mass is 250 g/mol. The van der Waals surface area contributed by atoms with Gasteiger partial charge in [-0.2, -0.15) is 0 Å². The third kappa shape index (κ3) is 3.14. The van der Waals surface area contributed by atoms with Crippen molar-refractivity contribution in [1.82, 2.24) is 9.88 Å². The van der Waals surface area contributed by atoms with E-state index in [2.05, 4.69) is 22.2 Å². The van der Waals surface area contributed by atoms with Crippen LogP contribution in [-0.4, -0.2) is 41.1 Å². The molecule has 1 aromatic heterocycles. The van der Waals surface area contributed by atoms with E-state index in [4.69, 9.17) is 18.0 Å². The minimum atomic E-state index is 0.393. The Morgan fingerprint density at radius 1 is 1.65 bits per heavy atom. The van der Waals surface area contributed by atoms with Crippen LogP contribution in [0.1, 0.15) is 18.4 Å². The molecule has 3 N–H and O–H groups in total. The average molecular weight is 250 g/mol. The summed E-state index contributed by atoms with van der Waals surface area (Å²) < 4.78 is 0. The lowest BCUT2D eigenvalue weighted by atomic mass is 10.1. The summed E-state index contributed by atoms with van der Waals surface area (Å²) in [5.74, 6) is 0.806. The summed E-state index contributed by atoms with van der Waals surface area (Å²) in [7, 11) is 2.14. The van der Waals surface area contributed by atoms with Gasteiger partial charge < -0.3 is 16.0 Å². The summed E-state index contributed by atoms with van der Waals surface area (Å²) in [4.78, 5) is 7.04. The van der Waals surface area contributed by atoms with Crippen molar-refractivity contribution in [1.29, 1.82) is 0 Å². The maximum atomic E-state index is 5.69. The highest BCUT2D eigenvalue weighted by molar-refractivity contribution is 7.80. The molecule has 2 heterocycles. The molecule has 0 aromatic carbocycles. The number of nitrogens with zero attached hydrogens (tertiary/aromatic N) is 2. The Labute approximate surface area is 107 Å². The Bertz CT molecular complexity index is 407. The fourth-order valence-corrected chi connectivity index (χ4v) is 2.36. The molecule has 0 aliphatic carbocycles. The van der Waals surface area contributed by atoms with Crippen molar-refractivity contribution in [2.24, 2.45) is 5.73 Å². The molecule has 1 unspecified atom stereocenters. The van der Waals surface area contributed by atoms with Crippen LogP contribution in [0.15, 0.2) is 18.3 Å². The van der Waals surface area contributed by atoms with Crippen LogP contribution in [0.3, 0.4) is 0 Å². The molecule has 2 rings (SSSR count). The zero-order valence-corrected chi connectivity index (χ0v) is 10.8. The van der Waals surface area contributed by atoms with E-state index in [-0.39, 0.29) is 0 Å². The van der Waals surface area contributed by atoms with E-state index in [9.17, 15) is 0 Å². The van der Waals surface area contributed by atoms with Crippen LogP contribution in [0.5, 0.6) is 0 Å². The molecule has 1 saturated heterocycles. The quantitative estimate of drug-likeness (QED) is 0.790. The number of hydrogen-bond acceptors (Lipinski definition) is 4. The van der Waals surface area contributed by atoms with E-state index in [1.54, 1.807) is 6.20 Å². The molecular formula is C12H18N4S. The standard InChI is InChI=1S/C12H18N4S/c1-16-7-3-4-9(8-16)15-12-10(11(13)17)5-2-6-14-12/h2,5-6,9H,3-4,7-8H2,1H3,(H2,13,17)(H,14,15). The number of rotatable bonds is 3. The summed E-state index contributed by atoms with van der Waals surface area (Å²) >= 11 is 5.03. The van der Waals surface area contributed by atoms with Crippen LogP contribution in [0.4, 0.5) is 5.82 Å². The molecule has 1 fully saturated rings. The molecule has 0 bridgehead atoms. The van der Waals surface area contributed by atoms with Crippen LogP contribution in [0.2, 0.25) is 0 Å². The summed E-state index contributed by atoms with van der Waals surface area (Å²) in [6, 6.07) is 4.19. The normalized spacial score (nSPS) is 21.1. The molecule has 1 aliphatic heterocycles. The molecule has 0 amide bonds. The van der Waals surface area contributed by atoms with Gasteiger partial charge in [0.2, 0.25) is 0 Å². The maximum absolute atomic E-state index is 5.69. The summed E-state index contributed by atoms with van der Waals surface area (Å²) in [5, 5.41) is 3.44. The minimum absolute atomic E-state index is 0.393. The molecule has 1 atom stereocenters. The van der Waals surface area contributed by atoms with Gasteiger partial charge in [0.1, 0.15) is 10.8 Å². The Balaban J connectivity index is 2.10. The summed E-state index contributed by atoms with van der Waals surface area (Å²) in [6.45, 7) is 2.20. The number of piperidine rings is 1. The van der Waals surface area contributed by atoms with E-state index in [1.807, 2.05) is 12.1 Å². The number of nitrogens with one attached hydrogen (secondary N) is 1. The highest BCUT2D eigenvalue weighted by Crippen LogP contribution is 2.17. The van der Waals surface area contributed by atoms with E-state index in [1.165, 1.54) is 13.0 Å². The second-order valence-corrected chi connectivity index (χ2v) is 4.95. The first-order valence-corrected chi connectivity index (χ1v) is 6.27. The van der Waals surface area contributed by atoms with E-state index in [0.717, 1.165) is 24.3 Å². The predicted molar refractivity (Wildman–Crippen MR) is 74.3 cm³/mol. The smallest absolute Gasteiger partial charge is 0.136 e. The van der Waals surface area contributed by atoms with Gasteiger partial charge in [-0.05, 0) is 38.6 Å². The molecule has 0 spiro atoms. The highest BCUT2D eigenvalue weighted by Gasteiger charge is 2.18. The van der Waals surface area contributed by atoms with Gasteiger partial charge in [0.15, 0.2) is 0 Å². The molecule has 92 valence electrons. The number of pyridine rings is 1. The van der Waals surface area contributed by atoms with Gasteiger partial charge in [-0.1, -0.05) is 12.2 Å². The number of likely N-dealkylation sites (tertiary alicyclic amines) is 1. The molecule has 1 aliphatic rings. The Morgan fingerprint density at radius 2 is 2.47 bits per heavy atom. The van der Waals surface area contributed by atoms with Gasteiger partial charge in [0.25, 0.3) is 0 Å². The van der Waals surface area contributed by atoms with Crippen molar-refractivity contribution in [2.45, 2.75) is 18.9 Å². The molecule has 0 radical (unpaired) electrons. The van der Waals surface area contributed by atoms with Gasteiger partial charge in [-0.15, -0.1) is 0 Å². The lowest BCUT2D eigenvalue weighted by Crippen LogP contribution is -2.40. The van der Waals surface area contributed by atoms with Crippen molar-refractivity contribution in [3.63, 3.8) is 0 Å². The zero-order valence-electron chi connectivity index (χ0n) is 10.0. The topological polar surface area (TPSA) is 54.2 Å². The van der Waals surface area contributed by atoms with Crippen molar-refractivity contribution in [2.75, 3.05) is 25.5 Å². The number of aromatic nitrogens is 1. The van der Waals surface area contributed by atoms with Gasteiger partial charge >= 0.3 is 0 Å². The zero-order chi connectivity index (χ0) is 12.3. The predicted octanol–water partition coefficient (Wildman–Crippen LogP) is 1.22. The molecular weight excluding hydrogens is 232 g/mol. The van der Waals surface area contributed by atoms with Crippen LogP contribution in [0, 0.1) is 0 Å². The van der Waals surface area contributed by atoms with Crippen molar-refractivity contribution >= 4 is 23.0 Å². The van der Waals surface area contributed by atoms with Crippen LogP contribution < -0.4 is 11.1 Å². The molecule has 4 nitrogen and oxygen atoms in total. The van der Waals surface area contributed by atoms with Crippen LogP contribution >= 0.6 is 12.2 Å². The van der Waals surface area contributed by atoms with Crippen molar-refractivity contribution in [3.8, 4) is 0 Å². The summed E-state index contributed by atoms with van der Waals surface area (Å²) in [5.41, 5.74) is 6.52. The minimum Gasteiger partial charge on any atom is -0.389 e. The number of hydrogen-bond donors (Lipinski definition) is 2. The fraction of sp³-hybridized carbons (Fsp3) is 0.500. The second-order valence-electron chi connectivity index (χ2n) is 4.51. The van der Waals surface area contributed by atoms with Crippen LogP contribution in [-0.2, 0) is 0 Å². The van der Waals surface area contributed by atoms with Gasteiger partial charge in [-0.25, -0.2) is 4.98 Å². The highest BCUT2D eigenvalue weighted by atomic mass is 32.1. The van der Waals surface area contributed by atoms with Crippen molar-refractivity contribution < 1.29 is 0 Å². The van der Waals surface area contributed by atoms with Crippen LogP contribution in [0.25, 0.3) is 0 Å². The molecule has 17 heavy (non-hydrogen) atoms. The Kier molecular flexibility index (Phi) is 3.91. The number of likely N-dealkylation sites (N-methyl/N-ethyl adjacent to an activating group) is 1. The Hall–Kier alpha value is -1.20. The maximum Gasteiger partial charge on any atom is 0.136 e. The van der Waals surface area contributed by atoms with E-state index >= 15 is 0 Å². The first kappa shape index (κ1) is 12.3. The van der Waals surface area contributed by atoms with Gasteiger partial charge in [0, 0.05) is 18.8 Å². The van der Waals surface area contributed by atoms with E-state index < -0.39 is 0 Å². The SMILES string of the molecule is CN1CCCC(Nc2ncccc2C(N)=S)C1. The first-order valence-electron chi connectivity index (χ1n) is 5.86. The number of nitrogens with two attached hydrogens (primary N) is 1. The van der Waals surface area contributed by atoms with Crippen molar-refractivity contribution in [3.05, 3.63) is 23.9 Å². The molecule has 5 heteroatoms. The van der Waals surface area contributed by atoms with Gasteiger partial charge in [0.05, 0.1) is 5.56 Å². The molecule has 0 saturated carbocycles. The third-order valence-corrected chi connectivity index (χ3v) is 3.26. The average Bonchev–Trinajstić information content (AvgIpc) is 2.29. The second kappa shape index (κ2) is 5.42. The molecule has 1 aromatic rings. The largest absolute Gasteiger partial charge is 0.389 e. The lowest BCUT2D eigenvalue weighted by Gasteiger charge is -2.30. The Morgan fingerprint density at radius 3 is 3.18 bits per heavy atom. The fourth-order valence-electron chi connectivity index (χ4n) is 2.20.